The maximum absolute atomic E-state index is 12.3. The molecular weight excluding hydrogens is 274 g/mol. The minimum Gasteiger partial charge on any atom is -0.480 e. The lowest BCUT2D eigenvalue weighted by molar-refractivity contribution is -0.141. The molecule has 0 saturated carbocycles. The van der Waals surface area contributed by atoms with E-state index >= 15 is 0 Å². The number of hydrogen-bond donors (Lipinski definition) is 3. The number of aliphatic carboxylic acids is 1. The molecule has 0 spiro atoms. The second kappa shape index (κ2) is 5.53. The topological polar surface area (TPSA) is 104 Å². The van der Waals surface area contributed by atoms with Crippen LogP contribution >= 0.6 is 0 Å². The molecule has 0 aliphatic rings. The van der Waals surface area contributed by atoms with Crippen LogP contribution in [0, 0.1) is 13.8 Å². The molecule has 3 N–H and O–H groups in total. The maximum Gasteiger partial charge on any atom is 0.328 e. The number of carboxylic acid groups (broad SMARTS) is 1. The summed E-state index contributed by atoms with van der Waals surface area (Å²) in [7, 11) is 0. The van der Waals surface area contributed by atoms with Crippen LogP contribution in [0.4, 0.5) is 0 Å². The molecule has 0 aliphatic heterocycles. The molecule has 0 fully saturated rings. The lowest BCUT2D eigenvalue weighted by Gasteiger charge is -2.17. The van der Waals surface area contributed by atoms with Crippen molar-refractivity contribution in [3.8, 4) is 0 Å². The summed E-state index contributed by atoms with van der Waals surface area (Å²) in [6, 6.07) is 2.29. The molecule has 2 atom stereocenters. The average molecular weight is 291 g/mol. The van der Waals surface area contributed by atoms with E-state index in [1.54, 1.807) is 23.6 Å². The second-order valence-corrected chi connectivity index (χ2v) is 5.01. The number of carbonyl (C=O) groups is 2. The van der Waals surface area contributed by atoms with Gasteiger partial charge in [0, 0.05) is 6.20 Å². The van der Waals surface area contributed by atoms with Crippen molar-refractivity contribution in [2.24, 2.45) is 0 Å². The Labute approximate surface area is 121 Å². The SMILES string of the molecule is Cc1ccc2nc(C)c(C(=O)NC(C(=O)O)C(C)O)n2c1. The predicted molar refractivity (Wildman–Crippen MR) is 75.2 cm³/mol. The van der Waals surface area contributed by atoms with Gasteiger partial charge in [0.15, 0.2) is 6.04 Å². The van der Waals surface area contributed by atoms with Crippen LogP contribution in [-0.4, -0.2) is 43.6 Å². The zero-order valence-electron chi connectivity index (χ0n) is 12.0. The maximum atomic E-state index is 12.3. The monoisotopic (exact) mass is 291 g/mol. The number of nitrogens with one attached hydrogen (secondary N) is 1. The number of aliphatic hydroxyl groups excluding tert-OH is 1. The molecule has 2 aromatic heterocycles. The molecule has 21 heavy (non-hydrogen) atoms. The van der Waals surface area contributed by atoms with E-state index in [2.05, 4.69) is 10.3 Å². The number of aliphatic hydroxyl groups is 1. The quantitative estimate of drug-likeness (QED) is 0.761. The van der Waals surface area contributed by atoms with Gasteiger partial charge in [-0.3, -0.25) is 9.20 Å². The van der Waals surface area contributed by atoms with Crippen LogP contribution in [0.3, 0.4) is 0 Å². The normalized spacial score (nSPS) is 13.9. The summed E-state index contributed by atoms with van der Waals surface area (Å²) in [6.45, 7) is 4.87. The van der Waals surface area contributed by atoms with Crippen LogP contribution in [0.5, 0.6) is 0 Å². The Morgan fingerprint density at radius 2 is 2.00 bits per heavy atom. The number of pyridine rings is 1. The zero-order valence-corrected chi connectivity index (χ0v) is 12.0. The first-order valence-corrected chi connectivity index (χ1v) is 6.48. The van der Waals surface area contributed by atoms with E-state index in [0.29, 0.717) is 11.3 Å². The highest BCUT2D eigenvalue weighted by molar-refractivity contribution is 5.97. The van der Waals surface area contributed by atoms with Gasteiger partial charge < -0.3 is 15.5 Å². The Morgan fingerprint density at radius 3 is 2.57 bits per heavy atom. The van der Waals surface area contributed by atoms with E-state index in [1.165, 1.54) is 6.92 Å². The highest BCUT2D eigenvalue weighted by atomic mass is 16.4. The predicted octanol–water partition coefficient (Wildman–Crippen LogP) is 0.515. The summed E-state index contributed by atoms with van der Waals surface area (Å²) in [4.78, 5) is 27.6. The average Bonchev–Trinajstić information content (AvgIpc) is 2.70. The van der Waals surface area contributed by atoms with Gasteiger partial charge in [-0.15, -0.1) is 0 Å². The van der Waals surface area contributed by atoms with Crippen LogP contribution in [0.25, 0.3) is 5.65 Å². The second-order valence-electron chi connectivity index (χ2n) is 5.01. The number of nitrogens with zero attached hydrogens (tertiary/aromatic N) is 2. The molecule has 2 aromatic rings. The Morgan fingerprint density at radius 1 is 1.33 bits per heavy atom. The number of rotatable bonds is 4. The highest BCUT2D eigenvalue weighted by Crippen LogP contribution is 2.13. The van der Waals surface area contributed by atoms with E-state index in [-0.39, 0.29) is 5.69 Å². The van der Waals surface area contributed by atoms with Crippen LogP contribution in [0.2, 0.25) is 0 Å². The van der Waals surface area contributed by atoms with E-state index in [9.17, 15) is 14.7 Å². The minimum absolute atomic E-state index is 0.264. The molecular formula is C14H17N3O4. The van der Waals surface area contributed by atoms with Crippen molar-refractivity contribution < 1.29 is 19.8 Å². The van der Waals surface area contributed by atoms with Gasteiger partial charge >= 0.3 is 5.97 Å². The summed E-state index contributed by atoms with van der Waals surface area (Å²) in [6.07, 6.45) is 0.551. The summed E-state index contributed by atoms with van der Waals surface area (Å²) >= 11 is 0. The molecule has 2 rings (SSSR count). The van der Waals surface area contributed by atoms with Gasteiger partial charge in [0.05, 0.1) is 11.8 Å². The first-order valence-electron chi connectivity index (χ1n) is 6.48. The number of amides is 1. The van der Waals surface area contributed by atoms with Gasteiger partial charge in [-0.05, 0) is 32.4 Å². The summed E-state index contributed by atoms with van der Waals surface area (Å²) in [5.74, 6) is -1.88. The van der Waals surface area contributed by atoms with E-state index in [0.717, 1.165) is 5.56 Å². The Balaban J connectivity index is 2.41. The zero-order chi connectivity index (χ0) is 15.7. The largest absolute Gasteiger partial charge is 0.480 e. The lowest BCUT2D eigenvalue weighted by Crippen LogP contribution is -2.48. The van der Waals surface area contributed by atoms with Gasteiger partial charge in [0.25, 0.3) is 5.91 Å². The third-order valence-corrected chi connectivity index (χ3v) is 3.19. The van der Waals surface area contributed by atoms with Crippen LogP contribution < -0.4 is 5.32 Å². The van der Waals surface area contributed by atoms with Gasteiger partial charge in [-0.1, -0.05) is 6.07 Å². The van der Waals surface area contributed by atoms with Crippen molar-refractivity contribution in [3.05, 3.63) is 35.3 Å². The number of carboxylic acids is 1. The third kappa shape index (κ3) is 2.87. The summed E-state index contributed by atoms with van der Waals surface area (Å²) < 4.78 is 1.61. The number of fused-ring (bicyclic) bond motifs is 1. The molecule has 0 aliphatic carbocycles. The van der Waals surface area contributed by atoms with E-state index in [1.807, 2.05) is 13.0 Å². The van der Waals surface area contributed by atoms with Crippen molar-refractivity contribution >= 4 is 17.5 Å². The van der Waals surface area contributed by atoms with Crippen LogP contribution in [0.15, 0.2) is 18.3 Å². The molecule has 112 valence electrons. The molecule has 0 bridgehead atoms. The number of imidazole rings is 1. The molecule has 0 aromatic carbocycles. The highest BCUT2D eigenvalue weighted by Gasteiger charge is 2.27. The fourth-order valence-electron chi connectivity index (χ4n) is 2.14. The Bertz CT molecular complexity index is 706. The van der Waals surface area contributed by atoms with E-state index in [4.69, 9.17) is 5.11 Å². The lowest BCUT2D eigenvalue weighted by atomic mass is 10.1. The third-order valence-electron chi connectivity index (χ3n) is 3.19. The van der Waals surface area contributed by atoms with Crippen LogP contribution in [-0.2, 0) is 4.79 Å². The molecule has 7 nitrogen and oxygen atoms in total. The number of aromatic nitrogens is 2. The van der Waals surface area contributed by atoms with Gasteiger partial charge in [0.1, 0.15) is 11.3 Å². The molecule has 2 unspecified atom stereocenters. The Kier molecular flexibility index (Phi) is 3.95. The fraction of sp³-hybridized carbons (Fsp3) is 0.357. The smallest absolute Gasteiger partial charge is 0.328 e. The first-order chi connectivity index (χ1) is 9.81. The van der Waals surface area contributed by atoms with Crippen molar-refractivity contribution in [1.29, 1.82) is 0 Å². The standard InChI is InChI=1S/C14H17N3O4/c1-7-4-5-10-15-8(2)12(17(10)6-7)13(19)16-11(9(3)18)14(20)21/h4-6,9,11,18H,1-3H3,(H,16,19)(H,20,21). The molecule has 0 radical (unpaired) electrons. The Hall–Kier alpha value is -2.41. The molecule has 7 heteroatoms. The number of aryl methyl sites for hydroxylation is 2. The van der Waals surface area contributed by atoms with E-state index < -0.39 is 24.0 Å². The molecule has 0 saturated heterocycles. The minimum atomic E-state index is -1.37. The molecule has 2 heterocycles. The number of hydrogen-bond acceptors (Lipinski definition) is 4. The summed E-state index contributed by atoms with van der Waals surface area (Å²) in [5, 5.41) is 20.8. The van der Waals surface area contributed by atoms with Crippen molar-refractivity contribution in [1.82, 2.24) is 14.7 Å². The van der Waals surface area contributed by atoms with Gasteiger partial charge in [-0.25, -0.2) is 9.78 Å². The first kappa shape index (κ1) is 15.0. The summed E-state index contributed by atoms with van der Waals surface area (Å²) in [5.41, 5.74) is 2.31. The van der Waals surface area contributed by atoms with Crippen molar-refractivity contribution in [2.75, 3.05) is 0 Å². The van der Waals surface area contributed by atoms with Gasteiger partial charge in [0.2, 0.25) is 0 Å². The van der Waals surface area contributed by atoms with Crippen molar-refractivity contribution in [3.63, 3.8) is 0 Å². The van der Waals surface area contributed by atoms with Crippen LogP contribution in [0.1, 0.15) is 28.7 Å². The molecule has 1 amide bonds. The van der Waals surface area contributed by atoms with Gasteiger partial charge in [-0.2, -0.15) is 0 Å². The fourth-order valence-corrected chi connectivity index (χ4v) is 2.14. The number of carbonyl (C=O) groups excluding carboxylic acids is 1. The van der Waals surface area contributed by atoms with Crippen molar-refractivity contribution in [2.45, 2.75) is 32.9 Å².